The Morgan fingerprint density at radius 3 is 3.22 bits per heavy atom. The minimum Gasteiger partial charge on any atom is -0.333 e. The molecule has 0 spiro atoms. The lowest BCUT2D eigenvalue weighted by Gasteiger charge is -2.26. The zero-order valence-corrected chi connectivity index (χ0v) is 11.5. The van der Waals surface area contributed by atoms with Crippen LogP contribution in [0.5, 0.6) is 0 Å². The number of thioether (sulfide) groups is 1. The van der Waals surface area contributed by atoms with E-state index in [-0.39, 0.29) is 0 Å². The van der Waals surface area contributed by atoms with Gasteiger partial charge in [-0.05, 0) is 12.7 Å². The third-order valence-corrected chi connectivity index (χ3v) is 4.37. The fourth-order valence-corrected chi connectivity index (χ4v) is 3.11. The molecule has 2 heterocycles. The zero-order chi connectivity index (χ0) is 13.0. The molecule has 7 nitrogen and oxygen atoms in total. The van der Waals surface area contributed by atoms with Gasteiger partial charge in [0.15, 0.2) is 5.03 Å². The van der Waals surface area contributed by atoms with E-state index in [2.05, 4.69) is 15.4 Å². The molecule has 0 aliphatic carbocycles. The van der Waals surface area contributed by atoms with Gasteiger partial charge in [-0.1, -0.05) is 17.2 Å². The molecule has 1 aliphatic heterocycles. The van der Waals surface area contributed by atoms with Crippen LogP contribution in [0, 0.1) is 10.1 Å². The Kier molecular flexibility index (Phi) is 4.37. The Hall–Kier alpha value is -1.35. The van der Waals surface area contributed by atoms with Gasteiger partial charge in [-0.3, -0.25) is 0 Å². The molecule has 98 valence electrons. The van der Waals surface area contributed by atoms with Crippen molar-refractivity contribution in [2.24, 2.45) is 4.99 Å². The molecule has 0 fully saturated rings. The summed E-state index contributed by atoms with van der Waals surface area (Å²) in [6, 6.07) is 0. The van der Waals surface area contributed by atoms with E-state index in [1.54, 1.807) is 23.1 Å². The number of aliphatic imine (C=N–C) groups is 1. The van der Waals surface area contributed by atoms with E-state index >= 15 is 0 Å². The Bertz CT molecular complexity index is 462. The number of guanidine groups is 1. The van der Waals surface area contributed by atoms with Crippen molar-refractivity contribution in [3.8, 4) is 0 Å². The van der Waals surface area contributed by atoms with Crippen LogP contribution in [-0.2, 0) is 6.54 Å². The first kappa shape index (κ1) is 13.1. The predicted octanol–water partition coefficient (Wildman–Crippen LogP) is 1.21. The summed E-state index contributed by atoms with van der Waals surface area (Å²) in [5.74, 6) is 0.338. The SMILES string of the molecule is CSc1ncc(CN2CCCN=C2N[N+](=O)[O-])s1. The molecule has 0 saturated heterocycles. The molecule has 1 aliphatic rings. The third kappa shape index (κ3) is 3.33. The Morgan fingerprint density at radius 2 is 2.56 bits per heavy atom. The lowest BCUT2D eigenvalue weighted by molar-refractivity contribution is -0.526. The van der Waals surface area contributed by atoms with Gasteiger partial charge in [0.1, 0.15) is 4.34 Å². The summed E-state index contributed by atoms with van der Waals surface area (Å²) in [7, 11) is 0. The summed E-state index contributed by atoms with van der Waals surface area (Å²) in [4.78, 5) is 21.8. The number of hydrazine groups is 1. The average Bonchev–Trinajstić information content (AvgIpc) is 2.79. The van der Waals surface area contributed by atoms with Crippen LogP contribution >= 0.6 is 23.1 Å². The van der Waals surface area contributed by atoms with Gasteiger partial charge in [0.05, 0.1) is 6.54 Å². The molecule has 0 unspecified atom stereocenters. The van der Waals surface area contributed by atoms with Crippen LogP contribution in [0.15, 0.2) is 15.5 Å². The first-order chi connectivity index (χ1) is 8.69. The predicted molar refractivity (Wildman–Crippen MR) is 71.4 cm³/mol. The molecular formula is C9H13N5O2S2. The van der Waals surface area contributed by atoms with Crippen molar-refractivity contribution in [2.75, 3.05) is 19.3 Å². The Labute approximate surface area is 112 Å². The molecule has 1 aromatic rings. The Balaban J connectivity index is 2.04. The van der Waals surface area contributed by atoms with Crippen molar-refractivity contribution in [3.63, 3.8) is 0 Å². The summed E-state index contributed by atoms with van der Waals surface area (Å²) in [5, 5.41) is 9.92. The third-order valence-electron chi connectivity index (χ3n) is 2.39. The second-order valence-corrected chi connectivity index (χ2v) is 5.81. The van der Waals surface area contributed by atoms with Crippen LogP contribution in [0.2, 0.25) is 0 Å². The number of nitrogens with one attached hydrogen (secondary N) is 1. The molecule has 18 heavy (non-hydrogen) atoms. The summed E-state index contributed by atoms with van der Waals surface area (Å²) in [6.07, 6.45) is 4.71. The molecule has 0 radical (unpaired) electrons. The number of aromatic nitrogens is 1. The molecule has 1 aromatic heterocycles. The first-order valence-corrected chi connectivity index (χ1v) is 7.42. The molecule has 0 amide bonds. The maximum absolute atomic E-state index is 10.5. The number of hydrogen-bond donors (Lipinski definition) is 1. The highest BCUT2D eigenvalue weighted by atomic mass is 32.2. The highest BCUT2D eigenvalue weighted by Crippen LogP contribution is 2.23. The van der Waals surface area contributed by atoms with E-state index in [0.717, 1.165) is 22.2 Å². The van der Waals surface area contributed by atoms with Gasteiger partial charge in [0.2, 0.25) is 0 Å². The van der Waals surface area contributed by atoms with Gasteiger partial charge in [-0.2, -0.15) is 0 Å². The van der Waals surface area contributed by atoms with Crippen molar-refractivity contribution >= 4 is 29.1 Å². The topological polar surface area (TPSA) is 83.7 Å². The molecule has 0 saturated carbocycles. The van der Waals surface area contributed by atoms with E-state index in [0.29, 0.717) is 19.0 Å². The molecule has 0 aromatic carbocycles. The molecule has 1 N–H and O–H groups in total. The highest BCUT2D eigenvalue weighted by Gasteiger charge is 2.20. The first-order valence-electron chi connectivity index (χ1n) is 5.38. The van der Waals surface area contributed by atoms with Gasteiger partial charge >= 0.3 is 0 Å². The minimum absolute atomic E-state index is 0.338. The maximum atomic E-state index is 10.5. The number of hydrogen-bond acceptors (Lipinski definition) is 7. The van der Waals surface area contributed by atoms with Crippen molar-refractivity contribution in [1.82, 2.24) is 15.3 Å². The van der Waals surface area contributed by atoms with Crippen LogP contribution in [-0.4, -0.2) is 40.2 Å². The van der Waals surface area contributed by atoms with E-state index in [9.17, 15) is 10.1 Å². The van der Waals surface area contributed by atoms with E-state index < -0.39 is 5.03 Å². The van der Waals surface area contributed by atoms with E-state index in [4.69, 9.17) is 0 Å². The van der Waals surface area contributed by atoms with Crippen LogP contribution in [0.3, 0.4) is 0 Å². The average molecular weight is 287 g/mol. The van der Waals surface area contributed by atoms with Crippen molar-refractivity contribution in [1.29, 1.82) is 0 Å². The number of rotatable bonds is 4. The second-order valence-electron chi connectivity index (χ2n) is 3.65. The van der Waals surface area contributed by atoms with Crippen molar-refractivity contribution in [2.45, 2.75) is 17.3 Å². The van der Waals surface area contributed by atoms with Gasteiger partial charge < -0.3 is 4.90 Å². The quantitative estimate of drug-likeness (QED) is 0.509. The standard InChI is InChI=1S/C9H13N5O2S2/c1-17-9-11-5-7(18-9)6-13-4-2-3-10-8(13)12-14(15)16/h5H,2-4,6H2,1H3,(H,10,12). The summed E-state index contributed by atoms with van der Waals surface area (Å²) < 4.78 is 1.00. The minimum atomic E-state index is -0.572. The number of thiazole rings is 1. The smallest absolute Gasteiger partial charge is 0.257 e. The van der Waals surface area contributed by atoms with Gasteiger partial charge in [-0.15, -0.1) is 11.3 Å². The Morgan fingerprint density at radius 1 is 1.72 bits per heavy atom. The van der Waals surface area contributed by atoms with Gasteiger partial charge in [-0.25, -0.2) is 20.1 Å². The monoisotopic (exact) mass is 287 g/mol. The van der Waals surface area contributed by atoms with Crippen molar-refractivity contribution in [3.05, 3.63) is 21.2 Å². The van der Waals surface area contributed by atoms with Gasteiger partial charge in [0.25, 0.3) is 5.96 Å². The molecular weight excluding hydrogens is 274 g/mol. The lowest BCUT2D eigenvalue weighted by atomic mass is 10.3. The largest absolute Gasteiger partial charge is 0.333 e. The van der Waals surface area contributed by atoms with Crippen LogP contribution in [0.1, 0.15) is 11.3 Å². The van der Waals surface area contributed by atoms with E-state index in [1.807, 2.05) is 17.4 Å². The number of nitro groups is 1. The van der Waals surface area contributed by atoms with Crippen LogP contribution < -0.4 is 5.43 Å². The maximum Gasteiger partial charge on any atom is 0.257 e. The van der Waals surface area contributed by atoms with E-state index in [1.165, 1.54) is 0 Å². The normalized spacial score (nSPS) is 15.4. The van der Waals surface area contributed by atoms with Gasteiger partial charge in [0, 0.05) is 24.2 Å². The second kappa shape index (κ2) is 6.01. The fourth-order valence-electron chi connectivity index (χ4n) is 1.64. The summed E-state index contributed by atoms with van der Waals surface area (Å²) >= 11 is 3.20. The fraction of sp³-hybridized carbons (Fsp3) is 0.556. The molecule has 9 heteroatoms. The number of nitrogens with zero attached hydrogens (tertiary/aromatic N) is 4. The molecule has 0 atom stereocenters. The summed E-state index contributed by atoms with van der Waals surface area (Å²) in [5.41, 5.74) is 2.15. The molecule has 0 bridgehead atoms. The zero-order valence-electron chi connectivity index (χ0n) is 9.83. The van der Waals surface area contributed by atoms with Crippen LogP contribution in [0.4, 0.5) is 0 Å². The van der Waals surface area contributed by atoms with Crippen molar-refractivity contribution < 1.29 is 5.03 Å². The molecule has 2 rings (SSSR count). The summed E-state index contributed by atoms with van der Waals surface area (Å²) in [6.45, 7) is 2.01. The van der Waals surface area contributed by atoms with Crippen LogP contribution in [0.25, 0.3) is 0 Å². The lowest BCUT2D eigenvalue weighted by Crippen LogP contribution is -2.46. The highest BCUT2D eigenvalue weighted by molar-refractivity contribution is 8.00.